The molecule has 1 atom stereocenters. The molecule has 1 aromatic rings. The summed E-state index contributed by atoms with van der Waals surface area (Å²) < 4.78 is 0. The fourth-order valence-corrected chi connectivity index (χ4v) is 1.96. The summed E-state index contributed by atoms with van der Waals surface area (Å²) in [7, 11) is 3.06. The molecule has 4 heteroatoms. The van der Waals surface area contributed by atoms with Crippen molar-refractivity contribution in [3.05, 3.63) is 35.4 Å². The minimum atomic E-state index is -0.666. The molecule has 0 radical (unpaired) electrons. The Balaban J connectivity index is 0. The van der Waals surface area contributed by atoms with E-state index in [1.54, 1.807) is 7.05 Å². The molecule has 1 aromatic carbocycles. The van der Waals surface area contributed by atoms with Crippen molar-refractivity contribution in [2.24, 2.45) is 0 Å². The Morgan fingerprint density at radius 1 is 1.17 bits per heavy atom. The van der Waals surface area contributed by atoms with Gasteiger partial charge in [0.05, 0.1) is 18.6 Å². The van der Waals surface area contributed by atoms with E-state index in [2.05, 4.69) is 0 Å². The van der Waals surface area contributed by atoms with E-state index < -0.39 is 11.5 Å². The van der Waals surface area contributed by atoms with Gasteiger partial charge in [0.25, 0.3) is 5.91 Å². The van der Waals surface area contributed by atoms with Crippen molar-refractivity contribution in [1.29, 1.82) is 0 Å². The van der Waals surface area contributed by atoms with Crippen molar-refractivity contribution in [3.8, 4) is 0 Å². The van der Waals surface area contributed by atoms with Crippen molar-refractivity contribution in [3.63, 3.8) is 0 Å². The lowest BCUT2D eigenvalue weighted by atomic mass is 9.83. The molecule has 0 bridgehead atoms. The molecular weight excluding hydrogens is 290 g/mol. The molecule has 1 rings (SSSR count). The zero-order valence-electron chi connectivity index (χ0n) is 16.3. The molecule has 4 nitrogen and oxygen atoms in total. The Kier molecular flexibility index (Phi) is 12.5. The van der Waals surface area contributed by atoms with E-state index in [0.29, 0.717) is 6.42 Å². The van der Waals surface area contributed by atoms with E-state index in [1.165, 1.54) is 12.2 Å². The number of carbonyl (C=O) groups is 1. The number of rotatable bonds is 5. The fourth-order valence-electron chi connectivity index (χ4n) is 1.96. The smallest absolute Gasteiger partial charge is 0.255 e. The number of hydrogen-bond donors (Lipinski definition) is 1. The molecule has 0 aliphatic rings. The second-order valence-electron chi connectivity index (χ2n) is 5.16. The molecule has 0 saturated heterocycles. The topological polar surface area (TPSA) is 49.8 Å². The van der Waals surface area contributed by atoms with E-state index in [0.717, 1.165) is 11.1 Å². The number of hydrogen-bond acceptors (Lipinski definition) is 3. The lowest BCUT2D eigenvalue weighted by Crippen LogP contribution is -2.40. The molecule has 0 heterocycles. The van der Waals surface area contributed by atoms with Crippen LogP contribution in [0.25, 0.3) is 0 Å². The van der Waals surface area contributed by atoms with E-state index in [-0.39, 0.29) is 5.91 Å². The third kappa shape index (κ3) is 6.71. The first-order valence-corrected chi connectivity index (χ1v) is 8.45. The summed E-state index contributed by atoms with van der Waals surface area (Å²) in [5, 5.41) is 11.0. The van der Waals surface area contributed by atoms with Gasteiger partial charge in [0.15, 0.2) is 0 Å². The number of nitrogens with zero attached hydrogens (tertiary/aromatic N) is 1. The molecule has 0 fully saturated rings. The maximum atomic E-state index is 12.2. The van der Waals surface area contributed by atoms with Crippen LogP contribution in [0.3, 0.4) is 0 Å². The minimum Gasteiger partial charge on any atom is -0.388 e. The highest BCUT2D eigenvalue weighted by molar-refractivity contribution is 5.86. The minimum absolute atomic E-state index is 0.112. The van der Waals surface area contributed by atoms with Gasteiger partial charge < -0.3 is 5.11 Å². The van der Waals surface area contributed by atoms with Crippen LogP contribution in [0, 0.1) is 0 Å². The first kappa shape index (κ1) is 23.9. The van der Waals surface area contributed by atoms with Crippen molar-refractivity contribution in [2.45, 2.75) is 66.4 Å². The Labute approximate surface area is 142 Å². The number of amides is 1. The molecule has 0 saturated carbocycles. The second-order valence-corrected chi connectivity index (χ2v) is 5.16. The summed E-state index contributed by atoms with van der Waals surface area (Å²) in [5.74, 6) is -0.112. The van der Waals surface area contributed by atoms with Crippen LogP contribution < -0.4 is 0 Å². The van der Waals surface area contributed by atoms with Crippen LogP contribution in [0.2, 0.25) is 0 Å². The SMILES string of the molecule is CC.CC.CCC(O)c1ccc(C(C)(C)C(=O)N(C)OC)cc1. The third-order valence-electron chi connectivity index (χ3n) is 3.50. The first-order valence-electron chi connectivity index (χ1n) is 8.45. The van der Waals surface area contributed by atoms with E-state index in [1.807, 2.05) is 72.7 Å². The van der Waals surface area contributed by atoms with Gasteiger partial charge in [-0.3, -0.25) is 9.63 Å². The maximum Gasteiger partial charge on any atom is 0.255 e. The van der Waals surface area contributed by atoms with Gasteiger partial charge in [0.2, 0.25) is 0 Å². The zero-order valence-corrected chi connectivity index (χ0v) is 16.3. The van der Waals surface area contributed by atoms with Crippen LogP contribution in [0.15, 0.2) is 24.3 Å². The highest BCUT2D eigenvalue weighted by atomic mass is 16.7. The van der Waals surface area contributed by atoms with Crippen LogP contribution in [0.5, 0.6) is 0 Å². The first-order chi connectivity index (χ1) is 10.8. The molecule has 1 N–H and O–H groups in total. The number of aliphatic hydroxyl groups is 1. The van der Waals surface area contributed by atoms with Gasteiger partial charge in [0.1, 0.15) is 0 Å². The van der Waals surface area contributed by atoms with Crippen molar-refractivity contribution in [2.75, 3.05) is 14.2 Å². The lowest BCUT2D eigenvalue weighted by Gasteiger charge is -2.28. The van der Waals surface area contributed by atoms with Crippen molar-refractivity contribution < 1.29 is 14.7 Å². The monoisotopic (exact) mass is 325 g/mol. The average Bonchev–Trinajstić information content (AvgIpc) is 2.63. The number of carbonyl (C=O) groups excluding carboxylic acids is 1. The van der Waals surface area contributed by atoms with Gasteiger partial charge in [-0.15, -0.1) is 0 Å². The standard InChI is InChI=1S/C15H23NO3.2C2H6/c1-6-13(17)11-7-9-12(10-8-11)15(2,3)14(18)16(4)19-5;2*1-2/h7-10,13,17H,6H2,1-5H3;2*1-2H3. The predicted molar refractivity (Wildman–Crippen MR) is 97.2 cm³/mol. The molecule has 1 amide bonds. The zero-order chi connectivity index (χ0) is 18.6. The summed E-state index contributed by atoms with van der Waals surface area (Å²) in [5.41, 5.74) is 1.10. The average molecular weight is 325 g/mol. The molecular formula is C19H35NO3. The summed E-state index contributed by atoms with van der Waals surface area (Å²) in [6.45, 7) is 13.6. The molecule has 0 aliphatic heterocycles. The molecule has 134 valence electrons. The number of hydroxylamine groups is 2. The number of aliphatic hydroxyl groups excluding tert-OH is 1. The Bertz CT molecular complexity index is 427. The summed E-state index contributed by atoms with van der Waals surface area (Å²) in [4.78, 5) is 17.2. The molecule has 1 unspecified atom stereocenters. The molecule has 0 aliphatic carbocycles. The Morgan fingerprint density at radius 2 is 1.61 bits per heavy atom. The normalized spacial score (nSPS) is 11.4. The van der Waals surface area contributed by atoms with Crippen molar-refractivity contribution >= 4 is 5.91 Å². The summed E-state index contributed by atoms with van der Waals surface area (Å²) in [6.07, 6.45) is 0.225. The quantitative estimate of drug-likeness (QED) is 0.812. The maximum absolute atomic E-state index is 12.2. The Hall–Kier alpha value is -1.39. The van der Waals surface area contributed by atoms with Crippen LogP contribution in [0.1, 0.15) is 72.1 Å². The van der Waals surface area contributed by atoms with Crippen LogP contribution in [-0.4, -0.2) is 30.2 Å². The van der Waals surface area contributed by atoms with Crippen LogP contribution >= 0.6 is 0 Å². The lowest BCUT2D eigenvalue weighted by molar-refractivity contribution is -0.174. The van der Waals surface area contributed by atoms with Gasteiger partial charge in [-0.05, 0) is 31.4 Å². The summed E-state index contributed by atoms with van der Waals surface area (Å²) in [6, 6.07) is 7.50. The van der Waals surface area contributed by atoms with Crippen LogP contribution in [-0.2, 0) is 15.0 Å². The van der Waals surface area contributed by atoms with Gasteiger partial charge in [-0.2, -0.15) is 0 Å². The van der Waals surface area contributed by atoms with Crippen LogP contribution in [0.4, 0.5) is 0 Å². The second kappa shape index (κ2) is 12.1. The van der Waals surface area contributed by atoms with Gasteiger partial charge in [-0.1, -0.05) is 58.9 Å². The van der Waals surface area contributed by atoms with Gasteiger partial charge in [-0.25, -0.2) is 5.06 Å². The van der Waals surface area contributed by atoms with Gasteiger partial charge in [0, 0.05) is 7.05 Å². The molecule has 23 heavy (non-hydrogen) atoms. The summed E-state index contributed by atoms with van der Waals surface area (Å²) >= 11 is 0. The predicted octanol–water partition coefficient (Wildman–Crippen LogP) is 4.48. The number of likely N-dealkylation sites (N-methyl/N-ethyl adjacent to an activating group) is 1. The molecule has 0 spiro atoms. The largest absolute Gasteiger partial charge is 0.388 e. The highest BCUT2D eigenvalue weighted by Gasteiger charge is 2.32. The highest BCUT2D eigenvalue weighted by Crippen LogP contribution is 2.27. The van der Waals surface area contributed by atoms with E-state index >= 15 is 0 Å². The van der Waals surface area contributed by atoms with Gasteiger partial charge >= 0.3 is 0 Å². The van der Waals surface area contributed by atoms with E-state index in [4.69, 9.17) is 4.84 Å². The Morgan fingerprint density at radius 3 is 1.96 bits per heavy atom. The van der Waals surface area contributed by atoms with Crippen molar-refractivity contribution in [1.82, 2.24) is 5.06 Å². The third-order valence-corrected chi connectivity index (χ3v) is 3.50. The number of benzene rings is 1. The molecule has 0 aromatic heterocycles. The fraction of sp³-hybridized carbons (Fsp3) is 0.632. The van der Waals surface area contributed by atoms with E-state index in [9.17, 15) is 9.90 Å².